The van der Waals surface area contributed by atoms with Crippen molar-refractivity contribution in [3.05, 3.63) is 28.5 Å². The molecule has 1 rings (SSSR count). The highest BCUT2D eigenvalue weighted by Crippen LogP contribution is 2.01. The zero-order valence-corrected chi connectivity index (χ0v) is 7.23. The van der Waals surface area contributed by atoms with Crippen molar-refractivity contribution in [1.82, 2.24) is 0 Å². The molecule has 0 aliphatic carbocycles. The van der Waals surface area contributed by atoms with Crippen molar-refractivity contribution in [3.8, 4) is 0 Å². The minimum Gasteiger partial charge on any atom is -0.0778 e. The third-order valence-electron chi connectivity index (χ3n) is 1.88. The lowest BCUT2D eigenvalue weighted by Crippen LogP contribution is -1.98. The van der Waals surface area contributed by atoms with E-state index in [9.17, 15) is 0 Å². The van der Waals surface area contributed by atoms with Crippen molar-refractivity contribution in [2.24, 2.45) is 6.55 Å². The van der Waals surface area contributed by atoms with Gasteiger partial charge in [0, 0.05) is 8.40 Å². The number of hydrogen-bond acceptors (Lipinski definition) is 0. The van der Waals surface area contributed by atoms with Crippen LogP contribution in [-0.2, 0) is 6.55 Å². The van der Waals surface area contributed by atoms with Gasteiger partial charge >= 0.3 is 0 Å². The molecule has 1 heteroatoms. The Hall–Kier alpha value is -0.433. The highest BCUT2D eigenvalue weighted by Gasteiger charge is 1.92. The van der Waals surface area contributed by atoms with Gasteiger partial charge in [-0.2, -0.15) is 0 Å². The lowest BCUT2D eigenvalue weighted by atomic mass is 10.3. The van der Waals surface area contributed by atoms with E-state index < -0.39 is 0 Å². The first-order valence-electron chi connectivity index (χ1n) is 3.24. The van der Waals surface area contributed by atoms with Crippen LogP contribution in [0.4, 0.5) is 0 Å². The fraction of sp³-hybridized carbons (Fsp3) is 0.375. The Labute approximate surface area is 58.1 Å². The fourth-order valence-electron chi connectivity index (χ4n) is 0.898. The minimum atomic E-state index is -0.252. The first-order chi connectivity index (χ1) is 4.22. The average Bonchev–Trinajstić information content (AvgIpc) is 1.83. The van der Waals surface area contributed by atoms with E-state index in [2.05, 4.69) is 38.2 Å². The Bertz CT molecular complexity index is 196. The topological polar surface area (TPSA) is 0 Å². The summed E-state index contributed by atoms with van der Waals surface area (Å²) in [5.74, 6) is 0. The van der Waals surface area contributed by atoms with Crippen LogP contribution in [0.15, 0.2) is 17.8 Å². The second-order valence-electron chi connectivity index (χ2n) is 2.52. The van der Waals surface area contributed by atoms with Gasteiger partial charge in [0.25, 0.3) is 0 Å². The molecule has 0 radical (unpaired) electrons. The zero-order chi connectivity index (χ0) is 6.85. The van der Waals surface area contributed by atoms with E-state index in [0.717, 1.165) is 0 Å². The van der Waals surface area contributed by atoms with E-state index in [1.807, 2.05) is 0 Å². The summed E-state index contributed by atoms with van der Waals surface area (Å²) in [4.78, 5) is 0. The summed E-state index contributed by atoms with van der Waals surface area (Å²) in [5.41, 5.74) is 3.79. The maximum absolute atomic E-state index is 2.33. The van der Waals surface area contributed by atoms with Crippen LogP contribution in [-0.4, -0.2) is 8.40 Å². The lowest BCUT2D eigenvalue weighted by molar-refractivity contribution is 1.40. The zero-order valence-electron chi connectivity index (χ0n) is 6.23. The van der Waals surface area contributed by atoms with Gasteiger partial charge in [0.15, 0.2) is 0 Å². The van der Waals surface area contributed by atoms with Crippen molar-refractivity contribution >= 4 is 8.40 Å². The van der Waals surface area contributed by atoms with Crippen LogP contribution in [0.25, 0.3) is 0 Å². The van der Waals surface area contributed by atoms with Gasteiger partial charge in [-0.1, -0.05) is 35.1 Å². The number of hydrogen-bond donors (Lipinski definition) is 0. The molecule has 0 aliphatic rings. The maximum Gasteiger partial charge on any atom is 0.0371 e. The summed E-state index contributed by atoms with van der Waals surface area (Å²) in [7, 11) is -0.252. The summed E-state index contributed by atoms with van der Waals surface area (Å²) >= 11 is 0. The SMILES string of the molecule is Cc1ccc[si](C)c1C. The van der Waals surface area contributed by atoms with Gasteiger partial charge in [0.1, 0.15) is 0 Å². The molecule has 0 N–H and O–H groups in total. The molecule has 0 saturated heterocycles. The third-order valence-corrected chi connectivity index (χ3v) is 4.15. The molecule has 1 aromatic heterocycles. The predicted octanol–water partition coefficient (Wildman–Crippen LogP) is 1.87. The van der Waals surface area contributed by atoms with E-state index in [4.69, 9.17) is 0 Å². The number of aryl methyl sites for hydroxylation is 2. The molecule has 0 spiro atoms. The molecule has 0 aromatic carbocycles. The van der Waals surface area contributed by atoms with Crippen LogP contribution in [0, 0.1) is 13.8 Å². The van der Waals surface area contributed by atoms with Crippen LogP contribution in [0.5, 0.6) is 0 Å². The Kier molecular flexibility index (Phi) is 1.81. The molecule has 1 heterocycles. The van der Waals surface area contributed by atoms with E-state index in [-0.39, 0.29) is 8.40 Å². The second kappa shape index (κ2) is 2.44. The van der Waals surface area contributed by atoms with Gasteiger partial charge in [-0.25, -0.2) is 0 Å². The van der Waals surface area contributed by atoms with E-state index in [0.29, 0.717) is 0 Å². The average molecular weight is 136 g/mol. The van der Waals surface area contributed by atoms with Crippen molar-refractivity contribution in [2.45, 2.75) is 13.8 Å². The largest absolute Gasteiger partial charge is 0.0778 e. The van der Waals surface area contributed by atoms with Crippen molar-refractivity contribution in [3.63, 3.8) is 0 Å². The molecule has 0 saturated carbocycles. The van der Waals surface area contributed by atoms with Gasteiger partial charge in [-0.05, 0) is 13.8 Å². The summed E-state index contributed by atoms with van der Waals surface area (Å²) < 4.78 is 0. The third kappa shape index (κ3) is 1.27. The molecule has 1 aromatic rings. The molecule has 0 aliphatic heterocycles. The first-order valence-corrected chi connectivity index (χ1v) is 5.32. The predicted molar refractivity (Wildman–Crippen MR) is 42.8 cm³/mol. The first kappa shape index (κ1) is 6.68. The number of rotatable bonds is 0. The summed E-state index contributed by atoms with van der Waals surface area (Å²) in [6.07, 6.45) is 0. The summed E-state index contributed by atoms with van der Waals surface area (Å²) in [6.45, 7) is 6.75. The molecule has 9 heavy (non-hydrogen) atoms. The molecule has 48 valence electrons. The van der Waals surface area contributed by atoms with Gasteiger partial charge in [0.2, 0.25) is 0 Å². The Balaban J connectivity index is 3.25. The van der Waals surface area contributed by atoms with Crippen molar-refractivity contribution in [2.75, 3.05) is 0 Å². The lowest BCUT2D eigenvalue weighted by Gasteiger charge is -2.00. The monoisotopic (exact) mass is 136 g/mol. The van der Waals surface area contributed by atoms with Crippen molar-refractivity contribution in [1.29, 1.82) is 0 Å². The van der Waals surface area contributed by atoms with Gasteiger partial charge < -0.3 is 0 Å². The fourth-order valence-corrected chi connectivity index (χ4v) is 2.24. The Morgan fingerprint density at radius 1 is 1.33 bits per heavy atom. The smallest absolute Gasteiger partial charge is 0.0371 e. The highest BCUT2D eigenvalue weighted by molar-refractivity contribution is 6.50. The summed E-state index contributed by atoms with van der Waals surface area (Å²) in [5, 5.41) is 1.60. The molecule has 0 fully saturated rings. The molecular weight excluding hydrogens is 124 g/mol. The molecule has 0 unspecified atom stereocenters. The second-order valence-corrected chi connectivity index (χ2v) is 4.97. The van der Waals surface area contributed by atoms with Crippen LogP contribution >= 0.6 is 0 Å². The van der Waals surface area contributed by atoms with E-state index in [1.54, 1.807) is 5.17 Å². The van der Waals surface area contributed by atoms with E-state index >= 15 is 0 Å². The molecule has 0 amide bonds. The van der Waals surface area contributed by atoms with Crippen molar-refractivity contribution < 1.29 is 0 Å². The van der Waals surface area contributed by atoms with Crippen LogP contribution in [0.2, 0.25) is 0 Å². The van der Waals surface area contributed by atoms with Crippen LogP contribution in [0.3, 0.4) is 0 Å². The Morgan fingerprint density at radius 2 is 2.00 bits per heavy atom. The molecule has 0 nitrogen and oxygen atoms in total. The van der Waals surface area contributed by atoms with Gasteiger partial charge in [0.05, 0.1) is 0 Å². The van der Waals surface area contributed by atoms with Gasteiger partial charge in [-0.3, -0.25) is 0 Å². The maximum atomic E-state index is 2.33. The minimum absolute atomic E-state index is 0.252. The molecule has 0 atom stereocenters. The Morgan fingerprint density at radius 3 is 2.44 bits per heavy atom. The molecular formula is C8H12Si. The summed E-state index contributed by atoms with van der Waals surface area (Å²) in [6, 6.07) is 4.36. The quantitative estimate of drug-likeness (QED) is 0.478. The molecule has 0 bridgehead atoms. The van der Waals surface area contributed by atoms with Gasteiger partial charge in [-0.15, -0.1) is 0 Å². The standard InChI is InChI=1S/C8H12Si/c1-7-5-4-6-9(3)8(7)2/h4-6H,1-3H3. The van der Waals surface area contributed by atoms with E-state index in [1.165, 1.54) is 5.56 Å². The van der Waals surface area contributed by atoms with Crippen LogP contribution in [0.1, 0.15) is 10.7 Å². The highest BCUT2D eigenvalue weighted by atomic mass is 28.2. The normalized spacial score (nSPS) is 9.67. The van der Waals surface area contributed by atoms with Crippen LogP contribution < -0.4 is 0 Å².